The Kier molecular flexibility index (Phi) is 8.79. The number of alkyl carbamates (subject to hydrolysis) is 1. The normalized spacial score (nSPS) is 12.6. The number of carbonyl (C=O) groups excluding carboxylic acids is 3. The highest BCUT2D eigenvalue weighted by molar-refractivity contribution is 5.99. The first kappa shape index (κ1) is 26.4. The lowest BCUT2D eigenvalue weighted by Gasteiger charge is -2.32. The highest BCUT2D eigenvalue weighted by Gasteiger charge is 2.35. The molecule has 2 aromatic rings. The van der Waals surface area contributed by atoms with Gasteiger partial charge in [-0.2, -0.15) is 5.26 Å². The van der Waals surface area contributed by atoms with Crippen molar-refractivity contribution in [3.8, 4) is 6.07 Å². The van der Waals surface area contributed by atoms with Gasteiger partial charge in [-0.25, -0.2) is 4.79 Å². The number of amides is 3. The Morgan fingerprint density at radius 2 is 1.62 bits per heavy atom. The third kappa shape index (κ3) is 7.07. The lowest BCUT2D eigenvalue weighted by atomic mass is 9.98. The fourth-order valence-electron chi connectivity index (χ4n) is 3.43. The first-order valence-electron chi connectivity index (χ1n) is 11.0. The van der Waals surface area contributed by atoms with Gasteiger partial charge in [0.1, 0.15) is 24.2 Å². The van der Waals surface area contributed by atoms with E-state index in [-0.39, 0.29) is 6.54 Å². The number of benzene rings is 2. The molecular formula is C26H32N4O4. The van der Waals surface area contributed by atoms with E-state index >= 15 is 0 Å². The van der Waals surface area contributed by atoms with Crippen LogP contribution >= 0.6 is 0 Å². The topological polar surface area (TPSA) is 112 Å². The number of ether oxygens (including phenoxy) is 1. The predicted octanol–water partition coefficient (Wildman–Crippen LogP) is 4.25. The van der Waals surface area contributed by atoms with E-state index in [1.807, 2.05) is 44.2 Å². The van der Waals surface area contributed by atoms with E-state index in [2.05, 4.69) is 10.6 Å². The molecule has 0 aliphatic rings. The summed E-state index contributed by atoms with van der Waals surface area (Å²) in [6.45, 7) is 9.98. The van der Waals surface area contributed by atoms with Crippen molar-refractivity contribution in [2.45, 2.75) is 59.2 Å². The number of rotatable bonds is 7. The Hall–Kier alpha value is -3.86. The minimum atomic E-state index is -1.09. The molecule has 0 fully saturated rings. The van der Waals surface area contributed by atoms with Crippen LogP contribution < -0.4 is 10.6 Å². The van der Waals surface area contributed by atoms with E-state index in [1.165, 1.54) is 11.8 Å². The van der Waals surface area contributed by atoms with Gasteiger partial charge in [0.25, 0.3) is 5.91 Å². The number of nitrogens with zero attached hydrogens (tertiary/aromatic N) is 2. The maximum atomic E-state index is 13.5. The Balaban J connectivity index is 2.42. The van der Waals surface area contributed by atoms with E-state index in [0.29, 0.717) is 11.3 Å². The number of para-hydroxylation sites is 1. The third-order valence-corrected chi connectivity index (χ3v) is 5.07. The van der Waals surface area contributed by atoms with E-state index in [4.69, 9.17) is 4.74 Å². The van der Waals surface area contributed by atoms with Gasteiger partial charge in [0.05, 0.1) is 6.07 Å². The average Bonchev–Trinajstić information content (AvgIpc) is 2.74. The van der Waals surface area contributed by atoms with Gasteiger partial charge in [0, 0.05) is 5.69 Å². The van der Waals surface area contributed by atoms with E-state index in [0.717, 1.165) is 11.1 Å². The van der Waals surface area contributed by atoms with Crippen LogP contribution in [0.3, 0.4) is 0 Å². The maximum Gasteiger partial charge on any atom is 0.408 e. The SMILES string of the molecule is Cc1ccccc1NC(=O)C(c1ccccc1C)N(CC#N)C(=O)C(C)NC(=O)OC(C)(C)C. The number of anilines is 1. The molecule has 0 aliphatic carbocycles. The molecule has 0 aliphatic heterocycles. The summed E-state index contributed by atoms with van der Waals surface area (Å²) >= 11 is 0. The van der Waals surface area contributed by atoms with Gasteiger partial charge in [-0.05, 0) is 64.3 Å². The zero-order valence-corrected chi connectivity index (χ0v) is 20.5. The quantitative estimate of drug-likeness (QED) is 0.595. The second-order valence-electron chi connectivity index (χ2n) is 9.06. The van der Waals surface area contributed by atoms with Gasteiger partial charge in [0.15, 0.2) is 0 Å². The van der Waals surface area contributed by atoms with E-state index in [9.17, 15) is 19.6 Å². The smallest absolute Gasteiger partial charge is 0.408 e. The van der Waals surface area contributed by atoms with Crippen molar-refractivity contribution in [3.63, 3.8) is 0 Å². The Morgan fingerprint density at radius 1 is 1.03 bits per heavy atom. The average molecular weight is 465 g/mol. The van der Waals surface area contributed by atoms with Gasteiger partial charge in [-0.15, -0.1) is 0 Å². The molecule has 8 nitrogen and oxygen atoms in total. The molecule has 0 spiro atoms. The van der Waals surface area contributed by atoms with Crippen LogP contribution in [0, 0.1) is 25.2 Å². The number of nitriles is 1. The van der Waals surface area contributed by atoms with Gasteiger partial charge in [0.2, 0.25) is 5.91 Å². The summed E-state index contributed by atoms with van der Waals surface area (Å²) in [7, 11) is 0. The Labute approximate surface area is 200 Å². The van der Waals surface area contributed by atoms with Crippen molar-refractivity contribution in [2.75, 3.05) is 11.9 Å². The fourth-order valence-corrected chi connectivity index (χ4v) is 3.43. The highest BCUT2D eigenvalue weighted by Crippen LogP contribution is 2.27. The van der Waals surface area contributed by atoms with Crippen LogP contribution in [0.15, 0.2) is 48.5 Å². The lowest BCUT2D eigenvalue weighted by Crippen LogP contribution is -2.51. The van der Waals surface area contributed by atoms with E-state index < -0.39 is 35.6 Å². The van der Waals surface area contributed by atoms with Crippen LogP contribution in [0.2, 0.25) is 0 Å². The molecule has 0 radical (unpaired) electrons. The van der Waals surface area contributed by atoms with Gasteiger partial charge >= 0.3 is 6.09 Å². The Morgan fingerprint density at radius 3 is 2.18 bits per heavy atom. The number of hydrogen-bond donors (Lipinski definition) is 2. The maximum absolute atomic E-state index is 13.5. The van der Waals surface area contributed by atoms with Crippen LogP contribution in [0.4, 0.5) is 10.5 Å². The largest absolute Gasteiger partial charge is 0.444 e. The van der Waals surface area contributed by atoms with Crippen LogP contribution in [-0.2, 0) is 14.3 Å². The van der Waals surface area contributed by atoms with Crippen molar-refractivity contribution in [1.82, 2.24) is 10.2 Å². The zero-order valence-electron chi connectivity index (χ0n) is 20.5. The second kappa shape index (κ2) is 11.3. The molecule has 2 atom stereocenters. The van der Waals surface area contributed by atoms with Gasteiger partial charge in [-0.1, -0.05) is 42.5 Å². The summed E-state index contributed by atoms with van der Waals surface area (Å²) in [5, 5.41) is 14.9. The van der Waals surface area contributed by atoms with Crippen LogP contribution in [0.1, 0.15) is 50.4 Å². The highest BCUT2D eigenvalue weighted by atomic mass is 16.6. The first-order valence-corrected chi connectivity index (χ1v) is 11.0. The zero-order chi connectivity index (χ0) is 25.5. The number of nitrogens with one attached hydrogen (secondary N) is 2. The molecule has 3 amide bonds. The standard InChI is InChI=1S/C26H32N4O4/c1-17-11-7-9-13-20(17)22(23(31)29-21-14-10-8-12-18(21)2)30(16-15-27)24(32)19(3)28-25(33)34-26(4,5)6/h7-14,19,22H,16H2,1-6H3,(H,28,33)(H,29,31). The monoisotopic (exact) mass is 464 g/mol. The summed E-state index contributed by atoms with van der Waals surface area (Å²) in [6.07, 6.45) is -0.762. The van der Waals surface area contributed by atoms with Crippen LogP contribution in [-0.4, -0.2) is 41.0 Å². The Bertz CT molecular complexity index is 1080. The molecule has 34 heavy (non-hydrogen) atoms. The molecule has 2 rings (SSSR count). The van der Waals surface area contributed by atoms with Crippen molar-refractivity contribution in [3.05, 3.63) is 65.2 Å². The summed E-state index contributed by atoms with van der Waals surface area (Å²) in [4.78, 5) is 40.3. The lowest BCUT2D eigenvalue weighted by molar-refractivity contribution is -0.139. The fraction of sp³-hybridized carbons (Fsp3) is 0.385. The summed E-state index contributed by atoms with van der Waals surface area (Å²) < 4.78 is 5.24. The minimum Gasteiger partial charge on any atom is -0.444 e. The van der Waals surface area contributed by atoms with Crippen molar-refractivity contribution in [1.29, 1.82) is 5.26 Å². The summed E-state index contributed by atoms with van der Waals surface area (Å²) in [6, 6.07) is 14.3. The molecule has 0 saturated carbocycles. The first-order chi connectivity index (χ1) is 15.9. The number of hydrogen-bond acceptors (Lipinski definition) is 5. The minimum absolute atomic E-state index is 0.348. The third-order valence-electron chi connectivity index (χ3n) is 5.07. The number of aryl methyl sites for hydroxylation is 2. The molecule has 2 N–H and O–H groups in total. The van der Waals surface area contributed by atoms with Gasteiger partial charge in [-0.3, -0.25) is 9.59 Å². The van der Waals surface area contributed by atoms with Crippen LogP contribution in [0.5, 0.6) is 0 Å². The second-order valence-corrected chi connectivity index (χ2v) is 9.06. The van der Waals surface area contributed by atoms with E-state index in [1.54, 1.807) is 45.0 Å². The molecule has 2 aromatic carbocycles. The number of carbonyl (C=O) groups is 3. The summed E-state index contributed by atoms with van der Waals surface area (Å²) in [5.74, 6) is -1.04. The molecular weight excluding hydrogens is 432 g/mol. The molecule has 8 heteroatoms. The summed E-state index contributed by atoms with van der Waals surface area (Å²) in [5.41, 5.74) is 2.10. The molecule has 180 valence electrons. The van der Waals surface area contributed by atoms with Crippen molar-refractivity contribution < 1.29 is 19.1 Å². The molecule has 0 saturated heterocycles. The molecule has 0 heterocycles. The molecule has 0 aromatic heterocycles. The van der Waals surface area contributed by atoms with Crippen LogP contribution in [0.25, 0.3) is 0 Å². The predicted molar refractivity (Wildman–Crippen MR) is 130 cm³/mol. The molecule has 2 unspecified atom stereocenters. The van der Waals surface area contributed by atoms with Crippen molar-refractivity contribution >= 4 is 23.6 Å². The van der Waals surface area contributed by atoms with Crippen molar-refractivity contribution in [2.24, 2.45) is 0 Å². The molecule has 0 bridgehead atoms. The van der Waals surface area contributed by atoms with Gasteiger partial charge < -0.3 is 20.3 Å².